The highest BCUT2D eigenvalue weighted by molar-refractivity contribution is 5.82. The van der Waals surface area contributed by atoms with Crippen molar-refractivity contribution in [3.8, 4) is 0 Å². The monoisotopic (exact) mass is 297 g/mol. The van der Waals surface area contributed by atoms with Gasteiger partial charge >= 0.3 is 5.97 Å². The number of amides is 1. The maximum atomic E-state index is 12.0. The van der Waals surface area contributed by atoms with Crippen LogP contribution in [-0.4, -0.2) is 35.0 Å². The normalized spacial score (nSPS) is 11.9. The number of allylic oxidation sites excluding steroid dienone is 1. The topological polar surface area (TPSA) is 57.6 Å². The van der Waals surface area contributed by atoms with E-state index in [0.717, 1.165) is 32.1 Å². The van der Waals surface area contributed by atoms with E-state index in [4.69, 9.17) is 0 Å². The molecule has 0 fully saturated rings. The van der Waals surface area contributed by atoms with Gasteiger partial charge < -0.3 is 10.0 Å². The zero-order valence-electron chi connectivity index (χ0n) is 13.6. The van der Waals surface area contributed by atoms with Crippen LogP contribution in [0.15, 0.2) is 12.7 Å². The second-order valence-corrected chi connectivity index (χ2v) is 5.44. The average Bonchev–Trinajstić information content (AvgIpc) is 2.46. The number of hydrogen-bond acceptors (Lipinski definition) is 2. The fourth-order valence-corrected chi connectivity index (χ4v) is 2.44. The van der Waals surface area contributed by atoms with Crippen molar-refractivity contribution in [1.29, 1.82) is 0 Å². The lowest BCUT2D eigenvalue weighted by atomic mass is 9.96. The molecule has 4 nitrogen and oxygen atoms in total. The highest BCUT2D eigenvalue weighted by atomic mass is 16.4. The third-order valence-electron chi connectivity index (χ3n) is 3.85. The van der Waals surface area contributed by atoms with E-state index < -0.39 is 11.9 Å². The van der Waals surface area contributed by atoms with Crippen LogP contribution in [0.4, 0.5) is 0 Å². The summed E-state index contributed by atoms with van der Waals surface area (Å²) in [5.74, 6) is -1.42. The molecular formula is C17H31NO3. The summed E-state index contributed by atoms with van der Waals surface area (Å²) < 4.78 is 0. The van der Waals surface area contributed by atoms with E-state index in [1.54, 1.807) is 4.90 Å². The zero-order valence-corrected chi connectivity index (χ0v) is 13.6. The van der Waals surface area contributed by atoms with Crippen molar-refractivity contribution in [2.45, 2.75) is 65.2 Å². The molecular weight excluding hydrogens is 266 g/mol. The molecule has 1 amide bonds. The van der Waals surface area contributed by atoms with E-state index in [2.05, 4.69) is 6.58 Å². The summed E-state index contributed by atoms with van der Waals surface area (Å²) in [6, 6.07) is 0. The van der Waals surface area contributed by atoms with Crippen LogP contribution in [0.1, 0.15) is 65.2 Å². The molecule has 0 aliphatic carbocycles. The molecule has 1 unspecified atom stereocenters. The average molecular weight is 297 g/mol. The minimum absolute atomic E-state index is 0.0432. The predicted molar refractivity (Wildman–Crippen MR) is 86.2 cm³/mol. The molecule has 122 valence electrons. The van der Waals surface area contributed by atoms with Crippen LogP contribution in [-0.2, 0) is 9.59 Å². The van der Waals surface area contributed by atoms with Crippen LogP contribution in [0.5, 0.6) is 0 Å². The van der Waals surface area contributed by atoms with Crippen LogP contribution in [0.25, 0.3) is 0 Å². The molecule has 0 aromatic carbocycles. The number of carboxylic acids is 1. The van der Waals surface area contributed by atoms with Gasteiger partial charge in [-0.05, 0) is 33.1 Å². The molecule has 4 heteroatoms. The van der Waals surface area contributed by atoms with E-state index >= 15 is 0 Å². The lowest BCUT2D eigenvalue weighted by Crippen LogP contribution is -2.33. The Morgan fingerprint density at radius 1 is 1.10 bits per heavy atom. The van der Waals surface area contributed by atoms with Gasteiger partial charge in [-0.2, -0.15) is 0 Å². The number of carbonyl (C=O) groups excluding carboxylic acids is 1. The molecule has 1 N–H and O–H groups in total. The molecule has 0 saturated heterocycles. The Morgan fingerprint density at radius 2 is 1.67 bits per heavy atom. The van der Waals surface area contributed by atoms with E-state index in [1.165, 1.54) is 6.42 Å². The Bertz CT molecular complexity index is 311. The predicted octanol–water partition coefficient (Wildman–Crippen LogP) is 3.86. The quantitative estimate of drug-likeness (QED) is 0.415. The van der Waals surface area contributed by atoms with Gasteiger partial charge in [-0.15, -0.1) is 6.58 Å². The van der Waals surface area contributed by atoms with Crippen molar-refractivity contribution < 1.29 is 14.7 Å². The molecule has 0 aliphatic heterocycles. The standard InChI is InChI=1S/C17H31NO3/c1-4-7-8-9-10-11-12-13-15(17(20)21)14-16(19)18(5-2)6-3/h4,15H,1,5-14H2,2-3H3,(H,20,21). The lowest BCUT2D eigenvalue weighted by Gasteiger charge is -2.21. The Kier molecular flexibility index (Phi) is 11.6. The minimum Gasteiger partial charge on any atom is -0.481 e. The SMILES string of the molecule is C=CCCCCCCCC(CC(=O)N(CC)CC)C(=O)O. The second kappa shape index (κ2) is 12.4. The smallest absolute Gasteiger partial charge is 0.307 e. The summed E-state index contributed by atoms with van der Waals surface area (Å²) in [5, 5.41) is 9.24. The van der Waals surface area contributed by atoms with Crippen molar-refractivity contribution in [3.05, 3.63) is 12.7 Å². The fraction of sp³-hybridized carbons (Fsp3) is 0.765. The summed E-state index contributed by atoms with van der Waals surface area (Å²) >= 11 is 0. The van der Waals surface area contributed by atoms with Gasteiger partial charge in [0.15, 0.2) is 0 Å². The summed E-state index contributed by atoms with van der Waals surface area (Å²) in [7, 11) is 0. The maximum Gasteiger partial charge on any atom is 0.307 e. The van der Waals surface area contributed by atoms with Gasteiger partial charge in [-0.25, -0.2) is 0 Å². The first-order chi connectivity index (χ1) is 10.1. The van der Waals surface area contributed by atoms with Gasteiger partial charge in [-0.1, -0.05) is 31.8 Å². The Hall–Kier alpha value is -1.32. The third kappa shape index (κ3) is 9.27. The van der Waals surface area contributed by atoms with Crippen LogP contribution in [0, 0.1) is 5.92 Å². The third-order valence-corrected chi connectivity index (χ3v) is 3.85. The molecule has 0 saturated carbocycles. The largest absolute Gasteiger partial charge is 0.481 e. The van der Waals surface area contributed by atoms with E-state index in [9.17, 15) is 14.7 Å². The van der Waals surface area contributed by atoms with Crippen LogP contribution in [0.2, 0.25) is 0 Å². The molecule has 0 spiro atoms. The first-order valence-electron chi connectivity index (χ1n) is 8.18. The Morgan fingerprint density at radius 3 is 2.19 bits per heavy atom. The summed E-state index contributed by atoms with van der Waals surface area (Å²) in [4.78, 5) is 24.9. The molecule has 0 aromatic heterocycles. The molecule has 0 bridgehead atoms. The number of carboxylic acid groups (broad SMARTS) is 1. The molecule has 0 heterocycles. The van der Waals surface area contributed by atoms with Crippen molar-refractivity contribution in [2.75, 3.05) is 13.1 Å². The highest BCUT2D eigenvalue weighted by Crippen LogP contribution is 2.17. The molecule has 0 aliphatic rings. The summed E-state index contributed by atoms with van der Waals surface area (Å²) in [6.07, 6.45) is 9.10. The molecule has 0 radical (unpaired) electrons. The number of rotatable bonds is 13. The number of carbonyl (C=O) groups is 2. The van der Waals surface area contributed by atoms with Gasteiger partial charge in [0.1, 0.15) is 0 Å². The van der Waals surface area contributed by atoms with Crippen molar-refractivity contribution in [3.63, 3.8) is 0 Å². The second-order valence-electron chi connectivity index (χ2n) is 5.44. The molecule has 1 atom stereocenters. The Balaban J connectivity index is 4.00. The lowest BCUT2D eigenvalue weighted by molar-refractivity contribution is -0.146. The molecule has 0 aromatic rings. The highest BCUT2D eigenvalue weighted by Gasteiger charge is 2.22. The minimum atomic E-state index is -0.845. The van der Waals surface area contributed by atoms with Gasteiger partial charge in [0.2, 0.25) is 5.91 Å². The van der Waals surface area contributed by atoms with Crippen LogP contribution >= 0.6 is 0 Å². The number of hydrogen-bond donors (Lipinski definition) is 1. The van der Waals surface area contributed by atoms with Gasteiger partial charge in [-0.3, -0.25) is 9.59 Å². The first-order valence-corrected chi connectivity index (χ1v) is 8.18. The van der Waals surface area contributed by atoms with Gasteiger partial charge in [0.25, 0.3) is 0 Å². The van der Waals surface area contributed by atoms with Crippen LogP contribution < -0.4 is 0 Å². The van der Waals surface area contributed by atoms with Crippen molar-refractivity contribution >= 4 is 11.9 Å². The van der Waals surface area contributed by atoms with Crippen LogP contribution in [0.3, 0.4) is 0 Å². The van der Waals surface area contributed by atoms with Gasteiger partial charge in [0, 0.05) is 19.5 Å². The number of nitrogens with zero attached hydrogens (tertiary/aromatic N) is 1. The zero-order chi connectivity index (χ0) is 16.1. The first kappa shape index (κ1) is 19.7. The summed E-state index contributed by atoms with van der Waals surface area (Å²) in [6.45, 7) is 8.81. The van der Waals surface area contributed by atoms with Gasteiger partial charge in [0.05, 0.1) is 5.92 Å². The molecule has 21 heavy (non-hydrogen) atoms. The maximum absolute atomic E-state index is 12.0. The number of aliphatic carboxylic acids is 1. The van der Waals surface area contributed by atoms with E-state index in [1.807, 2.05) is 19.9 Å². The fourth-order valence-electron chi connectivity index (χ4n) is 2.44. The van der Waals surface area contributed by atoms with Crippen molar-refractivity contribution in [2.24, 2.45) is 5.92 Å². The van der Waals surface area contributed by atoms with E-state index in [-0.39, 0.29) is 12.3 Å². The number of unbranched alkanes of at least 4 members (excludes halogenated alkanes) is 5. The van der Waals surface area contributed by atoms with E-state index in [0.29, 0.717) is 19.5 Å². The summed E-state index contributed by atoms with van der Waals surface area (Å²) in [5.41, 5.74) is 0. The van der Waals surface area contributed by atoms with Crippen molar-refractivity contribution in [1.82, 2.24) is 4.90 Å². The molecule has 0 rings (SSSR count). The Labute approximate surface area is 129 Å².